The summed E-state index contributed by atoms with van der Waals surface area (Å²) >= 11 is 0. The lowest BCUT2D eigenvalue weighted by atomic mass is 9.89. The third-order valence-electron chi connectivity index (χ3n) is 5.95. The first-order valence-electron chi connectivity index (χ1n) is 11.4. The van der Waals surface area contributed by atoms with E-state index in [0.29, 0.717) is 32.7 Å². The minimum atomic E-state index is -0.675. The van der Waals surface area contributed by atoms with Crippen molar-refractivity contribution in [3.05, 3.63) is 108 Å². The second kappa shape index (κ2) is 11.9. The van der Waals surface area contributed by atoms with Crippen LogP contribution in [-0.2, 0) is 33.8 Å². The van der Waals surface area contributed by atoms with Gasteiger partial charge in [-0.2, -0.15) is 0 Å². The zero-order valence-electron chi connectivity index (χ0n) is 18.4. The van der Waals surface area contributed by atoms with E-state index in [1.807, 2.05) is 66.7 Å². The van der Waals surface area contributed by atoms with Crippen molar-refractivity contribution in [3.8, 4) is 0 Å². The second-order valence-electron chi connectivity index (χ2n) is 8.36. The first-order valence-corrected chi connectivity index (χ1v) is 11.4. The molecule has 1 N–H and O–H groups in total. The van der Waals surface area contributed by atoms with Crippen LogP contribution in [0.15, 0.2) is 91.0 Å². The number of hydrogen-bond acceptors (Lipinski definition) is 4. The Morgan fingerprint density at radius 2 is 1.06 bits per heavy atom. The quantitative estimate of drug-likeness (QED) is 0.493. The molecular weight excluding hydrogens is 400 g/mol. The average Bonchev–Trinajstić information content (AvgIpc) is 2.85. The fourth-order valence-corrected chi connectivity index (χ4v) is 4.14. The zero-order valence-corrected chi connectivity index (χ0v) is 18.4. The summed E-state index contributed by atoms with van der Waals surface area (Å²) < 4.78 is 18.5. The van der Waals surface area contributed by atoms with E-state index in [2.05, 4.69) is 24.3 Å². The second-order valence-corrected chi connectivity index (χ2v) is 8.36. The molecule has 168 valence electrons. The molecule has 1 aliphatic carbocycles. The molecule has 3 aromatic rings. The van der Waals surface area contributed by atoms with Crippen LogP contribution >= 0.6 is 0 Å². The van der Waals surface area contributed by atoms with Crippen LogP contribution in [0.4, 0.5) is 0 Å². The summed E-state index contributed by atoms with van der Waals surface area (Å²) in [5, 5.41) is 11.0. The van der Waals surface area contributed by atoms with Gasteiger partial charge in [0.05, 0.1) is 38.1 Å². The van der Waals surface area contributed by atoms with Gasteiger partial charge in [-0.1, -0.05) is 91.0 Å². The minimum Gasteiger partial charge on any atom is -0.388 e. The predicted octanol–water partition coefficient (Wildman–Crippen LogP) is 4.94. The Morgan fingerprint density at radius 1 is 0.594 bits per heavy atom. The number of aliphatic hydroxyl groups excluding tert-OH is 1. The lowest BCUT2D eigenvalue weighted by Crippen LogP contribution is -2.49. The van der Waals surface area contributed by atoms with Crippen molar-refractivity contribution in [2.24, 2.45) is 0 Å². The van der Waals surface area contributed by atoms with Gasteiger partial charge in [-0.3, -0.25) is 0 Å². The molecule has 3 aromatic carbocycles. The fourth-order valence-electron chi connectivity index (χ4n) is 4.14. The van der Waals surface area contributed by atoms with Crippen LogP contribution < -0.4 is 0 Å². The van der Waals surface area contributed by atoms with Gasteiger partial charge < -0.3 is 19.3 Å². The molecule has 1 fully saturated rings. The van der Waals surface area contributed by atoms with E-state index in [-0.39, 0.29) is 18.3 Å². The van der Waals surface area contributed by atoms with Crippen molar-refractivity contribution in [3.63, 3.8) is 0 Å². The smallest absolute Gasteiger partial charge is 0.106 e. The van der Waals surface area contributed by atoms with Crippen LogP contribution in [0.2, 0.25) is 0 Å². The van der Waals surface area contributed by atoms with Crippen LogP contribution in [0, 0.1) is 0 Å². The zero-order chi connectivity index (χ0) is 22.0. The molecule has 1 aliphatic rings. The molecule has 4 atom stereocenters. The van der Waals surface area contributed by atoms with E-state index in [9.17, 15) is 5.11 Å². The van der Waals surface area contributed by atoms with E-state index < -0.39 is 6.10 Å². The molecule has 0 unspecified atom stereocenters. The number of hydrogen-bond donors (Lipinski definition) is 1. The molecule has 32 heavy (non-hydrogen) atoms. The van der Waals surface area contributed by atoms with Crippen molar-refractivity contribution in [1.29, 1.82) is 0 Å². The third-order valence-corrected chi connectivity index (χ3v) is 5.95. The van der Waals surface area contributed by atoms with Crippen molar-refractivity contribution in [1.82, 2.24) is 0 Å². The Morgan fingerprint density at radius 3 is 1.62 bits per heavy atom. The van der Waals surface area contributed by atoms with Crippen molar-refractivity contribution in [2.75, 3.05) is 6.61 Å². The molecule has 0 saturated heterocycles. The lowest BCUT2D eigenvalue weighted by Gasteiger charge is -2.38. The van der Waals surface area contributed by atoms with Crippen molar-refractivity contribution >= 4 is 0 Å². The Labute approximate surface area is 190 Å². The Bertz CT molecular complexity index is 900. The fraction of sp³-hybridized carbons (Fsp3) is 0.357. The first kappa shape index (κ1) is 22.7. The summed E-state index contributed by atoms with van der Waals surface area (Å²) in [5.41, 5.74) is 3.46. The summed E-state index contributed by atoms with van der Waals surface area (Å²) in [7, 11) is 0. The summed E-state index contributed by atoms with van der Waals surface area (Å²) in [6, 6.07) is 30.5. The highest BCUT2D eigenvalue weighted by Gasteiger charge is 2.38. The number of rotatable bonds is 10. The topological polar surface area (TPSA) is 47.9 Å². The predicted molar refractivity (Wildman–Crippen MR) is 125 cm³/mol. The monoisotopic (exact) mass is 432 g/mol. The number of aliphatic hydroxyl groups is 1. The van der Waals surface area contributed by atoms with E-state index in [1.54, 1.807) is 0 Å². The van der Waals surface area contributed by atoms with Crippen LogP contribution in [-0.4, -0.2) is 36.1 Å². The maximum atomic E-state index is 11.0. The summed E-state index contributed by atoms with van der Waals surface area (Å²) in [4.78, 5) is 0. The summed E-state index contributed by atoms with van der Waals surface area (Å²) in [6.45, 7) is 1.57. The van der Waals surface area contributed by atoms with Gasteiger partial charge in [-0.05, 0) is 23.1 Å². The molecule has 0 aliphatic heterocycles. The van der Waals surface area contributed by atoms with Gasteiger partial charge in [0.2, 0.25) is 0 Å². The SMILES string of the molecule is O[C@H]1[C@H](OCCc2ccccc2)C[C@H](OCc2ccccc2)C[C@H]1OCc1ccccc1. The standard InChI is InChI=1S/C28H32O4/c29-28-26(30-17-16-22-10-4-1-5-11-22)18-25(31-20-23-12-6-2-7-13-23)19-27(28)32-21-24-14-8-3-9-15-24/h1-15,25-29H,16-21H2/t25-,26+,27+,28-/m0/s1. The normalized spacial score (nSPS) is 23.2. The molecular formula is C28H32O4. The molecule has 0 amide bonds. The van der Waals surface area contributed by atoms with Crippen molar-refractivity contribution < 1.29 is 19.3 Å². The summed E-state index contributed by atoms with van der Waals surface area (Å²) in [6.07, 6.45) is 0.787. The molecule has 1 saturated carbocycles. The van der Waals surface area contributed by atoms with Gasteiger partial charge in [-0.15, -0.1) is 0 Å². The lowest BCUT2D eigenvalue weighted by molar-refractivity contribution is -0.171. The van der Waals surface area contributed by atoms with E-state index >= 15 is 0 Å². The van der Waals surface area contributed by atoms with E-state index in [0.717, 1.165) is 17.5 Å². The maximum Gasteiger partial charge on any atom is 0.106 e. The van der Waals surface area contributed by atoms with E-state index in [1.165, 1.54) is 5.56 Å². The number of ether oxygens (including phenoxy) is 3. The van der Waals surface area contributed by atoms with Gasteiger partial charge in [-0.25, -0.2) is 0 Å². The average molecular weight is 433 g/mol. The Kier molecular flexibility index (Phi) is 8.46. The highest BCUT2D eigenvalue weighted by Crippen LogP contribution is 2.28. The van der Waals surface area contributed by atoms with Crippen LogP contribution in [0.1, 0.15) is 29.5 Å². The molecule has 0 spiro atoms. The van der Waals surface area contributed by atoms with E-state index in [4.69, 9.17) is 14.2 Å². The van der Waals surface area contributed by atoms with Crippen LogP contribution in [0.5, 0.6) is 0 Å². The Balaban J connectivity index is 1.36. The van der Waals surface area contributed by atoms with Crippen LogP contribution in [0.3, 0.4) is 0 Å². The first-order chi connectivity index (χ1) is 15.8. The van der Waals surface area contributed by atoms with Gasteiger partial charge in [0.25, 0.3) is 0 Å². The molecule has 0 radical (unpaired) electrons. The maximum absolute atomic E-state index is 11.0. The molecule has 0 heterocycles. The molecule has 0 bridgehead atoms. The highest BCUT2D eigenvalue weighted by atomic mass is 16.5. The molecule has 4 nitrogen and oxygen atoms in total. The molecule has 4 rings (SSSR count). The van der Waals surface area contributed by atoms with Crippen molar-refractivity contribution in [2.45, 2.75) is 56.9 Å². The largest absolute Gasteiger partial charge is 0.388 e. The van der Waals surface area contributed by atoms with Gasteiger partial charge >= 0.3 is 0 Å². The van der Waals surface area contributed by atoms with Gasteiger partial charge in [0.15, 0.2) is 0 Å². The minimum absolute atomic E-state index is 0.0268. The molecule has 4 heteroatoms. The van der Waals surface area contributed by atoms with Gasteiger partial charge in [0, 0.05) is 12.8 Å². The highest BCUT2D eigenvalue weighted by molar-refractivity contribution is 5.15. The number of benzene rings is 3. The van der Waals surface area contributed by atoms with Crippen LogP contribution in [0.25, 0.3) is 0 Å². The Hall–Kier alpha value is -2.50. The van der Waals surface area contributed by atoms with Gasteiger partial charge in [0.1, 0.15) is 6.10 Å². The summed E-state index contributed by atoms with van der Waals surface area (Å²) in [5.74, 6) is 0. The third kappa shape index (κ3) is 6.75. The molecule has 0 aromatic heterocycles.